The van der Waals surface area contributed by atoms with Gasteiger partial charge in [0.15, 0.2) is 0 Å². The molecule has 0 unspecified atom stereocenters. The van der Waals surface area contributed by atoms with Crippen molar-refractivity contribution in [2.24, 2.45) is 5.10 Å². The fourth-order valence-electron chi connectivity index (χ4n) is 2.91. The minimum absolute atomic E-state index is 0.00350. The number of rotatable bonds is 6. The topological polar surface area (TPSA) is 92.9 Å². The quantitative estimate of drug-likeness (QED) is 0.454. The lowest BCUT2D eigenvalue weighted by Crippen LogP contribution is -2.30. The van der Waals surface area contributed by atoms with E-state index in [2.05, 4.69) is 15.8 Å². The molecule has 0 aliphatic rings. The van der Waals surface area contributed by atoms with Gasteiger partial charge < -0.3 is 14.5 Å². The summed E-state index contributed by atoms with van der Waals surface area (Å²) in [6.45, 7) is 0.349. The molecule has 2 amide bonds. The Morgan fingerprint density at radius 2 is 1.87 bits per heavy atom. The molecule has 8 heteroatoms. The molecule has 0 saturated carbocycles. The lowest BCUT2D eigenvalue weighted by atomic mass is 10.1. The van der Waals surface area contributed by atoms with E-state index in [1.54, 1.807) is 48.9 Å². The fraction of sp³-hybridized carbons (Fsp3) is 0.0870. The highest BCUT2D eigenvalue weighted by Gasteiger charge is 2.14. The van der Waals surface area contributed by atoms with Crippen molar-refractivity contribution in [2.45, 2.75) is 6.54 Å². The van der Waals surface area contributed by atoms with Crippen molar-refractivity contribution in [1.29, 1.82) is 0 Å². The summed E-state index contributed by atoms with van der Waals surface area (Å²) in [5.74, 6) is -0.146. The lowest BCUT2D eigenvalue weighted by molar-refractivity contribution is 0.0934. The Morgan fingerprint density at radius 1 is 1.03 bits per heavy atom. The van der Waals surface area contributed by atoms with Crippen molar-refractivity contribution >= 4 is 34.1 Å². The number of hydrogen-bond donors (Lipinski definition) is 2. The van der Waals surface area contributed by atoms with Gasteiger partial charge in [-0.25, -0.2) is 5.43 Å². The normalized spacial score (nSPS) is 11.3. The third-order valence-corrected chi connectivity index (χ3v) is 5.37. The molecule has 31 heavy (non-hydrogen) atoms. The van der Waals surface area contributed by atoms with Gasteiger partial charge in [0, 0.05) is 18.0 Å². The molecule has 156 valence electrons. The van der Waals surface area contributed by atoms with Crippen molar-refractivity contribution in [3.05, 3.63) is 93.7 Å². The second-order valence-electron chi connectivity index (χ2n) is 6.57. The maximum Gasteiger partial charge on any atom is 0.281 e. The van der Waals surface area contributed by atoms with Crippen molar-refractivity contribution in [1.82, 2.24) is 10.7 Å². The number of amides is 2. The van der Waals surface area contributed by atoms with Gasteiger partial charge in [-0.15, -0.1) is 16.4 Å². The highest BCUT2D eigenvalue weighted by Crippen LogP contribution is 2.20. The Kier molecular flexibility index (Phi) is 6.09. The van der Waals surface area contributed by atoms with E-state index in [0.717, 1.165) is 5.56 Å². The molecule has 0 aliphatic heterocycles. The van der Waals surface area contributed by atoms with E-state index in [-0.39, 0.29) is 22.9 Å². The van der Waals surface area contributed by atoms with Gasteiger partial charge in [0.2, 0.25) is 5.55 Å². The van der Waals surface area contributed by atoms with Crippen LogP contribution in [0.5, 0.6) is 5.75 Å². The Bertz CT molecular complexity index is 1280. The highest BCUT2D eigenvalue weighted by atomic mass is 32.1. The largest absolute Gasteiger partial charge is 0.497 e. The first-order valence-electron chi connectivity index (χ1n) is 9.45. The van der Waals surface area contributed by atoms with Crippen LogP contribution in [-0.4, -0.2) is 18.9 Å². The first-order chi connectivity index (χ1) is 15.1. The number of hydrogen-bond acceptors (Lipinski definition) is 6. The standard InChI is InChI=1S/C23H19N3O4S/c1-29-17-10-9-16-12-18(21(27)24-14-15-6-3-2-4-7-15)23(30-19(16)13-17)26-25-22(28)20-8-5-11-31-20/h2-13H,14H2,1H3,(H,24,27)(H,25,28)/b26-23+. The summed E-state index contributed by atoms with van der Waals surface area (Å²) < 4.78 is 11.1. The molecule has 0 saturated heterocycles. The van der Waals surface area contributed by atoms with Crippen LogP contribution in [0.1, 0.15) is 25.6 Å². The van der Waals surface area contributed by atoms with E-state index in [1.165, 1.54) is 11.3 Å². The maximum absolute atomic E-state index is 12.9. The average molecular weight is 433 g/mol. The molecule has 4 aromatic rings. The van der Waals surface area contributed by atoms with Gasteiger partial charge in [-0.1, -0.05) is 36.4 Å². The molecule has 0 atom stereocenters. The van der Waals surface area contributed by atoms with Crippen LogP contribution in [0.4, 0.5) is 0 Å². The van der Waals surface area contributed by atoms with Crippen LogP contribution in [0, 0.1) is 0 Å². The fourth-order valence-corrected chi connectivity index (χ4v) is 3.52. The molecule has 0 spiro atoms. The van der Waals surface area contributed by atoms with Crippen molar-refractivity contribution in [2.75, 3.05) is 7.11 Å². The summed E-state index contributed by atoms with van der Waals surface area (Å²) in [6, 6.07) is 20.0. The first-order valence-corrected chi connectivity index (χ1v) is 10.3. The lowest BCUT2D eigenvalue weighted by Gasteiger charge is -2.08. The molecule has 7 nitrogen and oxygen atoms in total. The van der Waals surface area contributed by atoms with Crippen LogP contribution in [0.15, 0.2) is 81.6 Å². The van der Waals surface area contributed by atoms with Gasteiger partial charge >= 0.3 is 0 Å². The number of fused-ring (bicyclic) bond motifs is 1. The summed E-state index contributed by atoms with van der Waals surface area (Å²) in [5, 5.41) is 9.45. The van der Waals surface area contributed by atoms with Gasteiger partial charge in [0.05, 0.1) is 12.0 Å². The third-order valence-electron chi connectivity index (χ3n) is 4.50. The Balaban J connectivity index is 1.68. The van der Waals surface area contributed by atoms with E-state index >= 15 is 0 Å². The highest BCUT2D eigenvalue weighted by molar-refractivity contribution is 7.12. The zero-order chi connectivity index (χ0) is 21.6. The molecule has 2 N–H and O–H groups in total. The van der Waals surface area contributed by atoms with Crippen LogP contribution in [0.2, 0.25) is 0 Å². The average Bonchev–Trinajstić information content (AvgIpc) is 3.36. The second-order valence-corrected chi connectivity index (χ2v) is 7.51. The SMILES string of the molecule is COc1ccc2cc(C(=O)NCc3ccccc3)/c(=N\NC(=O)c3cccs3)oc2c1. The predicted molar refractivity (Wildman–Crippen MR) is 118 cm³/mol. The predicted octanol–water partition coefficient (Wildman–Crippen LogP) is 3.68. The smallest absolute Gasteiger partial charge is 0.281 e. The Labute approximate surface area is 182 Å². The molecular weight excluding hydrogens is 414 g/mol. The molecule has 2 aromatic carbocycles. The van der Waals surface area contributed by atoms with E-state index in [4.69, 9.17) is 9.15 Å². The van der Waals surface area contributed by atoms with Crippen LogP contribution in [0.3, 0.4) is 0 Å². The van der Waals surface area contributed by atoms with Crippen LogP contribution >= 0.6 is 11.3 Å². The molecule has 4 rings (SSSR count). The minimum Gasteiger partial charge on any atom is -0.497 e. The maximum atomic E-state index is 12.9. The van der Waals surface area contributed by atoms with E-state index in [9.17, 15) is 9.59 Å². The van der Waals surface area contributed by atoms with Crippen LogP contribution < -0.4 is 21.0 Å². The number of nitrogens with one attached hydrogen (secondary N) is 2. The number of ether oxygens (including phenoxy) is 1. The van der Waals surface area contributed by atoms with Crippen molar-refractivity contribution in [3.8, 4) is 5.75 Å². The summed E-state index contributed by atoms with van der Waals surface area (Å²) in [4.78, 5) is 25.7. The number of carbonyl (C=O) groups excluding carboxylic acids is 2. The Hall–Kier alpha value is -3.91. The Morgan fingerprint density at radius 3 is 2.61 bits per heavy atom. The summed E-state index contributed by atoms with van der Waals surface area (Å²) in [5.41, 5.74) is 4.10. The van der Waals surface area contributed by atoms with E-state index < -0.39 is 0 Å². The zero-order valence-corrected chi connectivity index (χ0v) is 17.4. The molecule has 0 fully saturated rings. The first kappa shape index (κ1) is 20.4. The summed E-state index contributed by atoms with van der Waals surface area (Å²) >= 11 is 1.29. The monoisotopic (exact) mass is 433 g/mol. The van der Waals surface area contributed by atoms with Crippen molar-refractivity contribution < 1.29 is 18.7 Å². The molecule has 2 heterocycles. The van der Waals surface area contributed by atoms with Gasteiger partial charge in [-0.05, 0) is 35.2 Å². The number of methoxy groups -OCH3 is 1. The van der Waals surface area contributed by atoms with Crippen LogP contribution in [0.25, 0.3) is 11.0 Å². The molecular formula is C23H19N3O4S. The second kappa shape index (κ2) is 9.27. The summed E-state index contributed by atoms with van der Waals surface area (Å²) in [6.07, 6.45) is 0. The van der Waals surface area contributed by atoms with Crippen molar-refractivity contribution in [3.63, 3.8) is 0 Å². The van der Waals surface area contributed by atoms with Gasteiger partial charge in [0.1, 0.15) is 16.9 Å². The van der Waals surface area contributed by atoms with Gasteiger partial charge in [-0.3, -0.25) is 9.59 Å². The van der Waals surface area contributed by atoms with Crippen LogP contribution in [-0.2, 0) is 6.54 Å². The number of carbonyl (C=O) groups is 2. The molecule has 0 bridgehead atoms. The van der Waals surface area contributed by atoms with Gasteiger partial charge in [-0.2, -0.15) is 0 Å². The zero-order valence-electron chi connectivity index (χ0n) is 16.6. The number of nitrogens with zero attached hydrogens (tertiary/aromatic N) is 1. The minimum atomic E-state index is -0.383. The van der Waals surface area contributed by atoms with E-state index in [0.29, 0.717) is 28.1 Å². The third kappa shape index (κ3) is 4.81. The molecule has 0 aliphatic carbocycles. The summed E-state index contributed by atoms with van der Waals surface area (Å²) in [7, 11) is 1.55. The van der Waals surface area contributed by atoms with E-state index in [1.807, 2.05) is 30.3 Å². The molecule has 2 aromatic heterocycles. The number of thiophene rings is 1. The van der Waals surface area contributed by atoms with Gasteiger partial charge in [0.25, 0.3) is 11.8 Å². The molecule has 0 radical (unpaired) electrons. The number of benzene rings is 2.